The SMILES string of the molecule is CCOC(=O)c1c(C)n(C)c2ccc(OC[C@H](O)CNCCCO)cc12. The van der Waals surface area contributed by atoms with Gasteiger partial charge in [0.25, 0.3) is 0 Å². The number of rotatable bonds is 10. The van der Waals surface area contributed by atoms with Crippen LogP contribution in [0.1, 0.15) is 29.4 Å². The zero-order chi connectivity index (χ0) is 19.1. The summed E-state index contributed by atoms with van der Waals surface area (Å²) in [7, 11) is 1.91. The molecule has 1 atom stereocenters. The number of aliphatic hydroxyl groups excluding tert-OH is 2. The average molecular weight is 364 g/mol. The quantitative estimate of drug-likeness (QED) is 0.436. The Morgan fingerprint density at radius 2 is 2.15 bits per heavy atom. The Balaban J connectivity index is 2.10. The lowest BCUT2D eigenvalue weighted by Crippen LogP contribution is -2.32. The highest BCUT2D eigenvalue weighted by molar-refractivity contribution is 6.06. The lowest BCUT2D eigenvalue weighted by molar-refractivity contribution is 0.0527. The van der Waals surface area contributed by atoms with E-state index in [0.717, 1.165) is 16.6 Å². The molecule has 0 aliphatic heterocycles. The Morgan fingerprint density at radius 3 is 2.85 bits per heavy atom. The number of ether oxygens (including phenoxy) is 2. The van der Waals surface area contributed by atoms with Gasteiger partial charge in [-0.2, -0.15) is 0 Å². The largest absolute Gasteiger partial charge is 0.491 e. The van der Waals surface area contributed by atoms with Gasteiger partial charge in [-0.3, -0.25) is 0 Å². The number of hydrogen-bond acceptors (Lipinski definition) is 6. The van der Waals surface area contributed by atoms with Crippen molar-refractivity contribution < 1.29 is 24.5 Å². The molecular formula is C19H28N2O5. The normalized spacial score (nSPS) is 12.3. The van der Waals surface area contributed by atoms with Crippen LogP contribution in [0.15, 0.2) is 18.2 Å². The predicted molar refractivity (Wildman–Crippen MR) is 99.7 cm³/mol. The second kappa shape index (κ2) is 9.56. The lowest BCUT2D eigenvalue weighted by Gasteiger charge is -2.13. The molecule has 0 bridgehead atoms. The molecule has 2 rings (SSSR count). The number of hydrogen-bond donors (Lipinski definition) is 3. The highest BCUT2D eigenvalue weighted by Crippen LogP contribution is 2.29. The number of nitrogens with one attached hydrogen (secondary N) is 1. The average Bonchev–Trinajstić information content (AvgIpc) is 2.87. The summed E-state index contributed by atoms with van der Waals surface area (Å²) in [6, 6.07) is 5.52. The van der Waals surface area contributed by atoms with Gasteiger partial charge in [0.1, 0.15) is 18.5 Å². The zero-order valence-electron chi connectivity index (χ0n) is 15.6. The Hall–Kier alpha value is -2.09. The molecule has 0 spiro atoms. The van der Waals surface area contributed by atoms with Gasteiger partial charge < -0.3 is 29.6 Å². The van der Waals surface area contributed by atoms with Crippen molar-refractivity contribution in [1.29, 1.82) is 0 Å². The van der Waals surface area contributed by atoms with Crippen LogP contribution in [-0.2, 0) is 11.8 Å². The van der Waals surface area contributed by atoms with Crippen molar-refractivity contribution in [1.82, 2.24) is 9.88 Å². The number of esters is 1. The number of aliphatic hydroxyl groups is 2. The Bertz CT molecular complexity index is 741. The molecule has 1 aromatic heterocycles. The number of aryl methyl sites for hydroxylation is 1. The minimum atomic E-state index is -0.661. The number of aromatic nitrogens is 1. The maximum atomic E-state index is 12.3. The topological polar surface area (TPSA) is 93.0 Å². The summed E-state index contributed by atoms with van der Waals surface area (Å²) in [5.41, 5.74) is 2.30. The predicted octanol–water partition coefficient (Wildman–Crippen LogP) is 1.38. The van der Waals surface area contributed by atoms with Crippen molar-refractivity contribution in [3.63, 3.8) is 0 Å². The molecule has 0 saturated heterocycles. The van der Waals surface area contributed by atoms with Crippen molar-refractivity contribution in [3.8, 4) is 5.75 Å². The van der Waals surface area contributed by atoms with E-state index in [-0.39, 0.29) is 19.2 Å². The van der Waals surface area contributed by atoms with Crippen LogP contribution in [0, 0.1) is 6.92 Å². The van der Waals surface area contributed by atoms with E-state index >= 15 is 0 Å². The maximum absolute atomic E-state index is 12.3. The lowest BCUT2D eigenvalue weighted by atomic mass is 10.1. The van der Waals surface area contributed by atoms with Gasteiger partial charge in [-0.15, -0.1) is 0 Å². The smallest absolute Gasteiger partial charge is 0.340 e. The summed E-state index contributed by atoms with van der Waals surface area (Å²) < 4.78 is 12.8. The molecule has 3 N–H and O–H groups in total. The fourth-order valence-corrected chi connectivity index (χ4v) is 2.83. The van der Waals surface area contributed by atoms with Crippen molar-refractivity contribution >= 4 is 16.9 Å². The van der Waals surface area contributed by atoms with Gasteiger partial charge >= 0.3 is 5.97 Å². The first-order chi connectivity index (χ1) is 12.5. The van der Waals surface area contributed by atoms with Crippen LogP contribution in [0.2, 0.25) is 0 Å². The fraction of sp³-hybridized carbons (Fsp3) is 0.526. The molecule has 144 valence electrons. The second-order valence-corrected chi connectivity index (χ2v) is 6.16. The summed E-state index contributed by atoms with van der Waals surface area (Å²) in [6.45, 7) is 5.28. The second-order valence-electron chi connectivity index (χ2n) is 6.16. The molecule has 0 radical (unpaired) electrons. The first-order valence-electron chi connectivity index (χ1n) is 8.88. The van der Waals surface area contributed by atoms with E-state index in [1.165, 1.54) is 0 Å². The van der Waals surface area contributed by atoms with E-state index < -0.39 is 6.10 Å². The molecule has 0 saturated carbocycles. The molecule has 7 heteroatoms. The standard InChI is InChI=1S/C19H28N2O5/c1-4-25-19(24)18-13(2)21(3)17-7-6-15(10-16(17)18)26-12-14(23)11-20-8-5-9-22/h6-7,10,14,20,22-23H,4-5,8-9,11-12H2,1-3H3/t14-/m1/s1. The third kappa shape index (κ3) is 4.75. The van der Waals surface area contributed by atoms with E-state index in [4.69, 9.17) is 14.6 Å². The highest BCUT2D eigenvalue weighted by atomic mass is 16.5. The van der Waals surface area contributed by atoms with Gasteiger partial charge in [0, 0.05) is 36.8 Å². The summed E-state index contributed by atoms with van der Waals surface area (Å²) in [6.07, 6.45) is -0.0137. The molecule has 1 aromatic carbocycles. The molecule has 7 nitrogen and oxygen atoms in total. The van der Waals surface area contributed by atoms with Crippen molar-refractivity contribution in [2.24, 2.45) is 7.05 Å². The molecule has 0 fully saturated rings. The molecule has 26 heavy (non-hydrogen) atoms. The van der Waals surface area contributed by atoms with Gasteiger partial charge in [0.2, 0.25) is 0 Å². The minimum absolute atomic E-state index is 0.124. The van der Waals surface area contributed by atoms with E-state index in [1.807, 2.05) is 30.7 Å². The van der Waals surface area contributed by atoms with E-state index in [2.05, 4.69) is 5.32 Å². The van der Waals surface area contributed by atoms with Crippen LogP contribution in [0.5, 0.6) is 5.75 Å². The summed E-state index contributed by atoms with van der Waals surface area (Å²) >= 11 is 0. The molecule has 0 unspecified atom stereocenters. The van der Waals surface area contributed by atoms with E-state index in [1.54, 1.807) is 13.0 Å². The fourth-order valence-electron chi connectivity index (χ4n) is 2.83. The van der Waals surface area contributed by atoms with Gasteiger partial charge in [-0.05, 0) is 45.0 Å². The van der Waals surface area contributed by atoms with Gasteiger partial charge in [0.15, 0.2) is 0 Å². The van der Waals surface area contributed by atoms with E-state index in [9.17, 15) is 9.90 Å². The van der Waals surface area contributed by atoms with Gasteiger partial charge in [-0.25, -0.2) is 4.79 Å². The van der Waals surface area contributed by atoms with Gasteiger partial charge in [0.05, 0.1) is 12.2 Å². The summed E-state index contributed by atoms with van der Waals surface area (Å²) in [4.78, 5) is 12.3. The van der Waals surface area contributed by atoms with E-state index in [0.29, 0.717) is 37.4 Å². The molecular weight excluding hydrogens is 336 g/mol. The van der Waals surface area contributed by atoms with Crippen LogP contribution in [0.25, 0.3) is 10.9 Å². The molecule has 0 amide bonds. The van der Waals surface area contributed by atoms with Crippen molar-refractivity contribution in [3.05, 3.63) is 29.5 Å². The van der Waals surface area contributed by atoms with Crippen LogP contribution in [0.3, 0.4) is 0 Å². The third-order valence-corrected chi connectivity index (χ3v) is 4.28. The molecule has 0 aliphatic rings. The summed E-state index contributed by atoms with van der Waals surface area (Å²) in [5, 5.41) is 22.5. The third-order valence-electron chi connectivity index (χ3n) is 4.28. The zero-order valence-corrected chi connectivity index (χ0v) is 15.6. The van der Waals surface area contributed by atoms with Crippen LogP contribution in [0.4, 0.5) is 0 Å². The van der Waals surface area contributed by atoms with Crippen molar-refractivity contribution in [2.75, 3.05) is 32.9 Å². The summed E-state index contributed by atoms with van der Waals surface area (Å²) in [5.74, 6) is 0.240. The number of nitrogens with zero attached hydrogens (tertiary/aromatic N) is 1. The van der Waals surface area contributed by atoms with Gasteiger partial charge in [-0.1, -0.05) is 0 Å². The molecule has 0 aliphatic carbocycles. The molecule has 2 aromatic rings. The number of carbonyl (C=O) groups excluding carboxylic acids is 1. The van der Waals surface area contributed by atoms with Crippen molar-refractivity contribution in [2.45, 2.75) is 26.4 Å². The monoisotopic (exact) mass is 364 g/mol. The van der Waals surface area contributed by atoms with Crippen LogP contribution < -0.4 is 10.1 Å². The van der Waals surface area contributed by atoms with Crippen LogP contribution in [-0.4, -0.2) is 59.8 Å². The Morgan fingerprint density at radius 1 is 1.38 bits per heavy atom. The minimum Gasteiger partial charge on any atom is -0.491 e. The van der Waals surface area contributed by atoms with Crippen LogP contribution >= 0.6 is 0 Å². The molecule has 1 heterocycles. The Kier molecular flexibility index (Phi) is 7.44. The number of benzene rings is 1. The first kappa shape index (κ1) is 20.2. The maximum Gasteiger partial charge on any atom is 0.340 e. The Labute approximate surface area is 153 Å². The number of carbonyl (C=O) groups is 1. The number of fused-ring (bicyclic) bond motifs is 1. The first-order valence-corrected chi connectivity index (χ1v) is 8.88. The highest BCUT2D eigenvalue weighted by Gasteiger charge is 2.20.